The molecule has 19 heavy (non-hydrogen) atoms. The van der Waals surface area contributed by atoms with Crippen molar-refractivity contribution in [2.75, 3.05) is 25.0 Å². The van der Waals surface area contributed by atoms with Crippen molar-refractivity contribution in [3.63, 3.8) is 0 Å². The molecule has 1 aliphatic heterocycles. The SMILES string of the molecule is CNC1(C)CCN(c2ccc(OC(C)C)cc2)CC1. The maximum Gasteiger partial charge on any atom is 0.119 e. The summed E-state index contributed by atoms with van der Waals surface area (Å²) >= 11 is 0. The second kappa shape index (κ2) is 5.83. The highest BCUT2D eigenvalue weighted by atomic mass is 16.5. The summed E-state index contributed by atoms with van der Waals surface area (Å²) in [6.45, 7) is 8.64. The van der Waals surface area contributed by atoms with Crippen LogP contribution in [0.3, 0.4) is 0 Å². The van der Waals surface area contributed by atoms with E-state index in [1.165, 1.54) is 18.5 Å². The van der Waals surface area contributed by atoms with Gasteiger partial charge < -0.3 is 15.0 Å². The molecular formula is C16H26N2O. The van der Waals surface area contributed by atoms with Crippen LogP contribution in [0.4, 0.5) is 5.69 Å². The van der Waals surface area contributed by atoms with Crippen molar-refractivity contribution < 1.29 is 4.74 Å². The lowest BCUT2D eigenvalue weighted by atomic mass is 9.89. The molecule has 1 saturated heterocycles. The lowest BCUT2D eigenvalue weighted by molar-refractivity contribution is 0.242. The van der Waals surface area contributed by atoms with E-state index in [1.807, 2.05) is 0 Å². The van der Waals surface area contributed by atoms with E-state index < -0.39 is 0 Å². The molecule has 1 aliphatic rings. The number of piperidine rings is 1. The summed E-state index contributed by atoms with van der Waals surface area (Å²) in [5, 5.41) is 3.44. The van der Waals surface area contributed by atoms with Gasteiger partial charge in [-0.1, -0.05) is 0 Å². The minimum Gasteiger partial charge on any atom is -0.491 e. The Kier molecular flexibility index (Phi) is 4.35. The molecule has 0 saturated carbocycles. The number of hydrogen-bond acceptors (Lipinski definition) is 3. The zero-order valence-electron chi connectivity index (χ0n) is 12.6. The van der Waals surface area contributed by atoms with Gasteiger partial charge in [0.25, 0.3) is 0 Å². The largest absolute Gasteiger partial charge is 0.491 e. The second-order valence-corrected chi connectivity index (χ2v) is 5.96. The molecule has 0 unspecified atom stereocenters. The molecule has 2 rings (SSSR count). The molecule has 3 heteroatoms. The first-order chi connectivity index (χ1) is 9.02. The van der Waals surface area contributed by atoms with Crippen LogP contribution in [0.1, 0.15) is 33.6 Å². The molecule has 0 atom stereocenters. The monoisotopic (exact) mass is 262 g/mol. The fourth-order valence-electron chi connectivity index (χ4n) is 2.52. The van der Waals surface area contributed by atoms with Crippen molar-refractivity contribution >= 4 is 5.69 Å². The van der Waals surface area contributed by atoms with Crippen molar-refractivity contribution in [3.05, 3.63) is 24.3 Å². The molecule has 1 N–H and O–H groups in total. The van der Waals surface area contributed by atoms with Crippen LogP contribution in [0, 0.1) is 0 Å². The van der Waals surface area contributed by atoms with Crippen LogP contribution in [-0.2, 0) is 0 Å². The number of benzene rings is 1. The van der Waals surface area contributed by atoms with E-state index in [0.717, 1.165) is 18.8 Å². The van der Waals surface area contributed by atoms with E-state index in [4.69, 9.17) is 4.74 Å². The summed E-state index contributed by atoms with van der Waals surface area (Å²) in [6, 6.07) is 8.47. The van der Waals surface area contributed by atoms with Gasteiger partial charge in [-0.3, -0.25) is 0 Å². The van der Waals surface area contributed by atoms with Crippen LogP contribution in [0.15, 0.2) is 24.3 Å². The number of rotatable bonds is 4. The molecule has 0 aliphatic carbocycles. The Balaban J connectivity index is 1.96. The minimum atomic E-state index is 0.233. The third-order valence-corrected chi connectivity index (χ3v) is 4.04. The first kappa shape index (κ1) is 14.2. The third-order valence-electron chi connectivity index (χ3n) is 4.04. The average Bonchev–Trinajstić information content (AvgIpc) is 2.40. The Morgan fingerprint density at radius 3 is 2.21 bits per heavy atom. The highest BCUT2D eigenvalue weighted by molar-refractivity contribution is 5.49. The van der Waals surface area contributed by atoms with Crippen LogP contribution < -0.4 is 15.0 Å². The predicted molar refractivity (Wildman–Crippen MR) is 81.1 cm³/mol. The fourth-order valence-corrected chi connectivity index (χ4v) is 2.52. The molecule has 1 heterocycles. The molecule has 0 aromatic heterocycles. The lowest BCUT2D eigenvalue weighted by Gasteiger charge is -2.40. The van der Waals surface area contributed by atoms with E-state index in [-0.39, 0.29) is 6.10 Å². The Bertz CT molecular complexity index is 392. The highest BCUT2D eigenvalue weighted by Crippen LogP contribution is 2.27. The van der Waals surface area contributed by atoms with Crippen LogP contribution in [-0.4, -0.2) is 31.8 Å². The molecule has 1 aromatic carbocycles. The van der Waals surface area contributed by atoms with Gasteiger partial charge in [0.1, 0.15) is 5.75 Å². The van der Waals surface area contributed by atoms with Crippen LogP contribution in [0.2, 0.25) is 0 Å². The topological polar surface area (TPSA) is 24.5 Å². The van der Waals surface area contributed by atoms with E-state index in [0.29, 0.717) is 5.54 Å². The number of hydrogen-bond donors (Lipinski definition) is 1. The summed E-state index contributed by atoms with van der Waals surface area (Å²) in [4.78, 5) is 2.46. The number of nitrogens with zero attached hydrogens (tertiary/aromatic N) is 1. The quantitative estimate of drug-likeness (QED) is 0.902. The lowest BCUT2D eigenvalue weighted by Crippen LogP contribution is -2.50. The average molecular weight is 262 g/mol. The zero-order chi connectivity index (χ0) is 13.9. The Labute approximate surface area is 116 Å². The van der Waals surface area contributed by atoms with Crippen molar-refractivity contribution in [1.29, 1.82) is 0 Å². The molecule has 0 bridgehead atoms. The first-order valence-corrected chi connectivity index (χ1v) is 7.23. The number of nitrogens with one attached hydrogen (secondary N) is 1. The third kappa shape index (κ3) is 3.63. The van der Waals surface area contributed by atoms with E-state index >= 15 is 0 Å². The van der Waals surface area contributed by atoms with E-state index in [1.54, 1.807) is 0 Å². The fraction of sp³-hybridized carbons (Fsp3) is 0.625. The Hall–Kier alpha value is -1.22. The van der Waals surface area contributed by atoms with Gasteiger partial charge in [0.2, 0.25) is 0 Å². The van der Waals surface area contributed by atoms with Crippen LogP contribution in [0.25, 0.3) is 0 Å². The Morgan fingerprint density at radius 2 is 1.74 bits per heavy atom. The molecular weight excluding hydrogens is 236 g/mol. The van der Waals surface area contributed by atoms with Gasteiger partial charge in [0, 0.05) is 24.3 Å². The van der Waals surface area contributed by atoms with Gasteiger partial charge in [0.05, 0.1) is 6.10 Å². The summed E-state index contributed by atoms with van der Waals surface area (Å²) in [5.41, 5.74) is 1.60. The molecule has 1 aromatic rings. The smallest absolute Gasteiger partial charge is 0.119 e. The minimum absolute atomic E-state index is 0.233. The van der Waals surface area contributed by atoms with E-state index in [2.05, 4.69) is 62.3 Å². The standard InChI is InChI=1S/C16H26N2O/c1-13(2)19-15-7-5-14(6-8-15)18-11-9-16(3,17-4)10-12-18/h5-8,13,17H,9-12H2,1-4H3. The molecule has 0 spiro atoms. The maximum atomic E-state index is 5.68. The first-order valence-electron chi connectivity index (χ1n) is 7.23. The van der Waals surface area contributed by atoms with Gasteiger partial charge in [-0.15, -0.1) is 0 Å². The summed E-state index contributed by atoms with van der Waals surface area (Å²) in [6.07, 6.45) is 2.61. The van der Waals surface area contributed by atoms with Gasteiger partial charge in [0.15, 0.2) is 0 Å². The van der Waals surface area contributed by atoms with Gasteiger partial charge in [-0.05, 0) is 64.9 Å². The van der Waals surface area contributed by atoms with Crippen LogP contribution in [0.5, 0.6) is 5.75 Å². The number of anilines is 1. The van der Waals surface area contributed by atoms with Crippen molar-refractivity contribution in [2.45, 2.75) is 45.3 Å². The van der Waals surface area contributed by atoms with Crippen molar-refractivity contribution in [3.8, 4) is 5.75 Å². The second-order valence-electron chi connectivity index (χ2n) is 5.96. The predicted octanol–water partition coefficient (Wildman–Crippen LogP) is 3.05. The zero-order valence-corrected chi connectivity index (χ0v) is 12.6. The summed E-state index contributed by atoms with van der Waals surface area (Å²) in [7, 11) is 2.06. The van der Waals surface area contributed by atoms with Crippen molar-refractivity contribution in [1.82, 2.24) is 5.32 Å². The molecule has 3 nitrogen and oxygen atoms in total. The van der Waals surface area contributed by atoms with Gasteiger partial charge in [-0.2, -0.15) is 0 Å². The molecule has 0 amide bonds. The molecule has 0 radical (unpaired) electrons. The van der Waals surface area contributed by atoms with Crippen molar-refractivity contribution in [2.24, 2.45) is 0 Å². The van der Waals surface area contributed by atoms with Gasteiger partial charge in [-0.25, -0.2) is 0 Å². The maximum absolute atomic E-state index is 5.68. The van der Waals surface area contributed by atoms with E-state index in [9.17, 15) is 0 Å². The number of ether oxygens (including phenoxy) is 1. The van der Waals surface area contributed by atoms with Gasteiger partial charge >= 0.3 is 0 Å². The summed E-state index contributed by atoms with van der Waals surface area (Å²) in [5.74, 6) is 0.954. The molecule has 106 valence electrons. The summed E-state index contributed by atoms with van der Waals surface area (Å²) < 4.78 is 5.68. The normalized spacial score (nSPS) is 18.7. The molecule has 1 fully saturated rings. The Morgan fingerprint density at radius 1 is 1.16 bits per heavy atom. The van der Waals surface area contributed by atoms with Crippen LogP contribution >= 0.6 is 0 Å². The highest BCUT2D eigenvalue weighted by Gasteiger charge is 2.28.